The number of hydrogen-bond acceptors (Lipinski definition) is 3. The fraction of sp³-hybridized carbons (Fsp3) is 0.303. The van der Waals surface area contributed by atoms with E-state index >= 15 is 0 Å². The quantitative estimate of drug-likeness (QED) is 0.239. The number of pyridine rings is 1. The van der Waals surface area contributed by atoms with Crippen LogP contribution in [0.4, 0.5) is 11.4 Å². The van der Waals surface area contributed by atoms with Gasteiger partial charge in [0.25, 0.3) is 0 Å². The number of carbonyl (C=O) groups excluding carboxylic acids is 1. The summed E-state index contributed by atoms with van der Waals surface area (Å²) in [6, 6.07) is 22.8. The monoisotopic (exact) mass is 551 g/mol. The maximum atomic E-state index is 12.4. The average molecular weight is 552 g/mol. The number of nitrogens with zero attached hydrogens (tertiary/aromatic N) is 3. The van der Waals surface area contributed by atoms with Gasteiger partial charge in [-0.25, -0.2) is 0 Å². The van der Waals surface area contributed by atoms with Crippen LogP contribution in [0.2, 0.25) is 0 Å². The van der Waals surface area contributed by atoms with E-state index in [-0.39, 0.29) is 23.9 Å². The van der Waals surface area contributed by atoms with Gasteiger partial charge >= 0.3 is 0 Å². The molecule has 0 spiro atoms. The van der Waals surface area contributed by atoms with E-state index in [4.69, 9.17) is 17.2 Å². The molecule has 1 aliphatic heterocycles. The van der Waals surface area contributed by atoms with Crippen molar-refractivity contribution >= 4 is 34.6 Å². The van der Waals surface area contributed by atoms with E-state index < -0.39 is 0 Å². The highest BCUT2D eigenvalue weighted by Crippen LogP contribution is 2.44. The van der Waals surface area contributed by atoms with Gasteiger partial charge in [0.1, 0.15) is 0 Å². The molecule has 40 heavy (non-hydrogen) atoms. The van der Waals surface area contributed by atoms with Gasteiger partial charge in [0.05, 0.1) is 17.8 Å². The van der Waals surface area contributed by atoms with Gasteiger partial charge in [-0.1, -0.05) is 45.0 Å². The topological polar surface area (TPSA) is 62.2 Å². The summed E-state index contributed by atoms with van der Waals surface area (Å²) in [5.41, 5.74) is 9.77. The number of aryl methyl sites for hydroxylation is 3. The van der Waals surface area contributed by atoms with Crippen molar-refractivity contribution in [3.63, 3.8) is 0 Å². The number of benzene rings is 2. The van der Waals surface area contributed by atoms with Crippen LogP contribution in [0.5, 0.6) is 0 Å². The zero-order chi connectivity index (χ0) is 28.6. The third-order valence-electron chi connectivity index (χ3n) is 7.77. The fourth-order valence-electron chi connectivity index (χ4n) is 5.65. The lowest BCUT2D eigenvalue weighted by molar-refractivity contribution is -0.118. The number of aromatic nitrogens is 2. The number of rotatable bonds is 7. The number of anilines is 2. The van der Waals surface area contributed by atoms with Crippen LogP contribution in [0, 0.1) is 26.7 Å². The Morgan fingerprint density at radius 2 is 1.80 bits per heavy atom. The van der Waals surface area contributed by atoms with Crippen LogP contribution in [0.1, 0.15) is 66.6 Å². The molecule has 6 nitrogen and oxygen atoms in total. The Labute approximate surface area is 242 Å². The third kappa shape index (κ3) is 5.02. The molecular weight excluding hydrogens is 514 g/mol. The first-order chi connectivity index (χ1) is 19.2. The maximum absolute atomic E-state index is 12.4. The minimum atomic E-state index is -0.135. The normalized spacial score (nSPS) is 16.9. The Balaban J connectivity index is 1.63. The van der Waals surface area contributed by atoms with Crippen molar-refractivity contribution in [3.8, 4) is 5.69 Å². The molecule has 5 rings (SSSR count). The highest BCUT2D eigenvalue weighted by molar-refractivity contribution is 7.80. The van der Waals surface area contributed by atoms with E-state index in [1.165, 1.54) is 28.2 Å². The molecule has 1 amide bonds. The first-order valence-corrected chi connectivity index (χ1v) is 14.3. The third-order valence-corrected chi connectivity index (χ3v) is 8.09. The molecule has 4 aromatic rings. The van der Waals surface area contributed by atoms with Crippen LogP contribution in [-0.2, 0) is 11.2 Å². The minimum Gasteiger partial charge on any atom is -0.351 e. The van der Waals surface area contributed by atoms with Crippen LogP contribution >= 0.6 is 12.2 Å². The summed E-state index contributed by atoms with van der Waals surface area (Å²) < 4.78 is 2.36. The second kappa shape index (κ2) is 11.3. The van der Waals surface area contributed by atoms with Crippen molar-refractivity contribution in [3.05, 3.63) is 107 Å². The second-order valence-electron chi connectivity index (χ2n) is 10.8. The van der Waals surface area contributed by atoms with Crippen molar-refractivity contribution in [2.75, 3.05) is 10.2 Å². The lowest BCUT2D eigenvalue weighted by Crippen LogP contribution is -2.29. The number of thiocarbonyl (C=S) groups is 1. The summed E-state index contributed by atoms with van der Waals surface area (Å²) in [6.07, 6.45) is 2.79. The molecule has 1 fully saturated rings. The van der Waals surface area contributed by atoms with Crippen LogP contribution < -0.4 is 15.5 Å². The Morgan fingerprint density at radius 3 is 2.48 bits per heavy atom. The molecule has 2 atom stereocenters. The van der Waals surface area contributed by atoms with Crippen LogP contribution in [0.3, 0.4) is 0 Å². The van der Waals surface area contributed by atoms with Crippen LogP contribution in [0.25, 0.3) is 5.69 Å². The van der Waals surface area contributed by atoms with Gasteiger partial charge < -0.3 is 20.1 Å². The minimum absolute atomic E-state index is 0.00195. The number of nitrogens with one attached hydrogen (secondary N) is 2. The van der Waals surface area contributed by atoms with E-state index in [2.05, 4.69) is 83.3 Å². The van der Waals surface area contributed by atoms with Crippen LogP contribution in [-0.4, -0.2) is 20.6 Å². The molecule has 7 heteroatoms. The molecule has 3 heterocycles. The zero-order valence-electron chi connectivity index (χ0n) is 24.0. The average Bonchev–Trinajstić information content (AvgIpc) is 3.44. The molecular formula is C33H37N5OS. The predicted molar refractivity (Wildman–Crippen MR) is 167 cm³/mol. The van der Waals surface area contributed by atoms with E-state index in [1.54, 1.807) is 0 Å². The van der Waals surface area contributed by atoms with E-state index in [9.17, 15) is 4.79 Å². The summed E-state index contributed by atoms with van der Waals surface area (Å²) in [5.74, 6) is -0.0897. The molecule has 0 saturated carbocycles. The lowest BCUT2D eigenvalue weighted by atomic mass is 9.96. The second-order valence-corrected chi connectivity index (χ2v) is 11.2. The first-order valence-electron chi connectivity index (χ1n) is 13.9. The Morgan fingerprint density at radius 1 is 1.05 bits per heavy atom. The summed E-state index contributed by atoms with van der Waals surface area (Å²) in [7, 11) is 0. The largest absolute Gasteiger partial charge is 0.351 e. The van der Waals surface area contributed by atoms with Gasteiger partial charge in [-0.3, -0.25) is 9.78 Å². The number of carbonyl (C=O) groups is 1. The number of amides is 1. The van der Waals surface area contributed by atoms with Crippen molar-refractivity contribution in [1.82, 2.24) is 14.9 Å². The van der Waals surface area contributed by atoms with E-state index in [1.807, 2.05) is 51.2 Å². The molecule has 1 saturated heterocycles. The highest BCUT2D eigenvalue weighted by atomic mass is 32.1. The summed E-state index contributed by atoms with van der Waals surface area (Å²) in [4.78, 5) is 19.3. The molecule has 2 aromatic carbocycles. The lowest BCUT2D eigenvalue weighted by Gasteiger charge is -2.29. The van der Waals surface area contributed by atoms with Crippen molar-refractivity contribution in [2.45, 2.75) is 60.0 Å². The van der Waals surface area contributed by atoms with Gasteiger partial charge in [-0.05, 0) is 98.6 Å². The number of hydrogen-bond donors (Lipinski definition) is 2. The summed E-state index contributed by atoms with van der Waals surface area (Å²) in [5, 5.41) is 7.28. The Bertz CT molecular complexity index is 1560. The highest BCUT2D eigenvalue weighted by Gasteiger charge is 2.42. The molecule has 0 bridgehead atoms. The molecule has 1 aliphatic rings. The summed E-state index contributed by atoms with van der Waals surface area (Å²) >= 11 is 5.98. The predicted octanol–water partition coefficient (Wildman–Crippen LogP) is 7.13. The molecule has 2 N–H and O–H groups in total. The van der Waals surface area contributed by atoms with Crippen molar-refractivity contribution in [2.24, 2.45) is 5.92 Å². The molecule has 0 aliphatic carbocycles. The van der Waals surface area contributed by atoms with Gasteiger partial charge in [0.2, 0.25) is 5.91 Å². The Kier molecular flexibility index (Phi) is 7.76. The maximum Gasteiger partial charge on any atom is 0.226 e. The summed E-state index contributed by atoms with van der Waals surface area (Å²) in [6.45, 7) is 12.4. The van der Waals surface area contributed by atoms with Crippen molar-refractivity contribution < 1.29 is 4.79 Å². The van der Waals surface area contributed by atoms with Crippen molar-refractivity contribution in [1.29, 1.82) is 0 Å². The van der Waals surface area contributed by atoms with E-state index in [0.717, 1.165) is 29.1 Å². The Hall–Kier alpha value is -3.97. The standard InChI is InChI=1S/C33H37N5OS/c1-7-24-12-8-9-14-29(24)37-22(5)19-26(23(37)6)31-30(28-13-10-11-17-34-28)36-33(40)38(31)25-15-16-27(21(4)18-25)35-32(39)20(2)3/h8-20,30-31H,7H2,1-6H3,(H,35,39)(H,36,40)/t30-,31+/m0/s1. The van der Waals surface area contributed by atoms with Gasteiger partial charge in [-0.2, -0.15) is 0 Å². The zero-order valence-corrected chi connectivity index (χ0v) is 24.8. The smallest absolute Gasteiger partial charge is 0.226 e. The SMILES string of the molecule is CCc1ccccc1-n1c(C)cc([C@@H]2[C@H](c3ccccn3)NC(=S)N2c2ccc(NC(=O)C(C)C)c(C)c2)c1C. The molecule has 0 unspecified atom stereocenters. The van der Waals surface area contributed by atoms with Crippen LogP contribution in [0.15, 0.2) is 72.9 Å². The number of para-hydroxylation sites is 1. The fourth-order valence-corrected chi connectivity index (χ4v) is 6.00. The molecule has 206 valence electrons. The van der Waals surface area contributed by atoms with Gasteiger partial charge in [0.15, 0.2) is 5.11 Å². The molecule has 2 aromatic heterocycles. The molecule has 0 radical (unpaired) electrons. The van der Waals surface area contributed by atoms with Gasteiger partial charge in [0, 0.05) is 40.6 Å². The van der Waals surface area contributed by atoms with Gasteiger partial charge in [-0.15, -0.1) is 0 Å². The van der Waals surface area contributed by atoms with E-state index in [0.29, 0.717) is 5.11 Å². The first kappa shape index (κ1) is 27.6.